The lowest BCUT2D eigenvalue weighted by Crippen LogP contribution is -2.52. The van der Waals surface area contributed by atoms with Crippen molar-refractivity contribution in [2.24, 2.45) is 11.8 Å². The van der Waals surface area contributed by atoms with E-state index in [1.165, 1.54) is 38.5 Å². The van der Waals surface area contributed by atoms with Crippen LogP contribution in [0.5, 0.6) is 0 Å². The zero-order valence-electron chi connectivity index (χ0n) is 12.0. The molecule has 1 amide bonds. The van der Waals surface area contributed by atoms with E-state index in [0.717, 1.165) is 25.6 Å². The molecule has 0 radical (unpaired) electrons. The molecule has 1 aliphatic carbocycles. The summed E-state index contributed by atoms with van der Waals surface area (Å²) < 4.78 is 0. The highest BCUT2D eigenvalue weighted by Gasteiger charge is 2.36. The van der Waals surface area contributed by atoms with Crippen LogP contribution in [0.25, 0.3) is 0 Å². The van der Waals surface area contributed by atoms with Gasteiger partial charge in [-0.3, -0.25) is 4.79 Å². The lowest BCUT2D eigenvalue weighted by atomic mass is 9.78. The number of carbonyl (C=O) groups excluding carboxylic acids is 1. The molecular weight excluding hydrogens is 224 g/mol. The van der Waals surface area contributed by atoms with E-state index in [4.69, 9.17) is 0 Å². The third-order valence-electron chi connectivity index (χ3n) is 4.65. The van der Waals surface area contributed by atoms with Crippen LogP contribution in [-0.4, -0.2) is 36.5 Å². The molecule has 0 aromatic carbocycles. The van der Waals surface area contributed by atoms with Crippen molar-refractivity contribution in [1.29, 1.82) is 0 Å². The van der Waals surface area contributed by atoms with E-state index in [1.54, 1.807) is 0 Å². The third kappa shape index (κ3) is 3.05. The molecule has 2 aliphatic rings. The fourth-order valence-electron chi connectivity index (χ4n) is 3.63. The van der Waals surface area contributed by atoms with E-state index in [0.29, 0.717) is 11.9 Å². The SMILES string of the molecule is CCNCC(C)C(=O)N1CCC[C@H]2CCCC[C@H]21. The number of hydrogen-bond acceptors (Lipinski definition) is 2. The number of hydrogen-bond donors (Lipinski definition) is 1. The van der Waals surface area contributed by atoms with Crippen molar-refractivity contribution in [3.63, 3.8) is 0 Å². The summed E-state index contributed by atoms with van der Waals surface area (Å²) in [5, 5.41) is 3.29. The Hall–Kier alpha value is -0.570. The van der Waals surface area contributed by atoms with Gasteiger partial charge in [-0.15, -0.1) is 0 Å². The largest absolute Gasteiger partial charge is 0.339 e. The predicted molar refractivity (Wildman–Crippen MR) is 74.4 cm³/mol. The minimum Gasteiger partial charge on any atom is -0.339 e. The van der Waals surface area contributed by atoms with Crippen LogP contribution >= 0.6 is 0 Å². The van der Waals surface area contributed by atoms with Gasteiger partial charge in [-0.25, -0.2) is 0 Å². The molecule has 1 heterocycles. The zero-order chi connectivity index (χ0) is 13.0. The Labute approximate surface area is 111 Å². The van der Waals surface area contributed by atoms with Crippen molar-refractivity contribution < 1.29 is 4.79 Å². The highest BCUT2D eigenvalue weighted by molar-refractivity contribution is 5.79. The number of nitrogens with zero attached hydrogens (tertiary/aromatic N) is 1. The topological polar surface area (TPSA) is 32.3 Å². The Balaban J connectivity index is 1.95. The van der Waals surface area contributed by atoms with Crippen LogP contribution in [0.15, 0.2) is 0 Å². The number of amides is 1. The highest BCUT2D eigenvalue weighted by Crippen LogP contribution is 2.35. The molecule has 104 valence electrons. The van der Waals surface area contributed by atoms with E-state index in [2.05, 4.69) is 24.1 Å². The van der Waals surface area contributed by atoms with Gasteiger partial charge in [0, 0.05) is 25.0 Å². The molecule has 1 saturated heterocycles. The maximum Gasteiger partial charge on any atom is 0.226 e. The Kier molecular flexibility index (Phi) is 5.04. The van der Waals surface area contributed by atoms with Gasteiger partial charge in [0.05, 0.1) is 0 Å². The first-order valence-electron chi connectivity index (χ1n) is 7.75. The standard InChI is InChI=1S/C15H28N2O/c1-3-16-11-12(2)15(18)17-10-6-8-13-7-4-5-9-14(13)17/h12-14,16H,3-11H2,1-2H3/t12?,13-,14-/m1/s1. The minimum atomic E-state index is 0.130. The second-order valence-electron chi connectivity index (χ2n) is 5.99. The van der Waals surface area contributed by atoms with Gasteiger partial charge in [-0.2, -0.15) is 0 Å². The minimum absolute atomic E-state index is 0.130. The van der Waals surface area contributed by atoms with Gasteiger partial charge in [0.2, 0.25) is 5.91 Å². The predicted octanol–water partition coefficient (Wildman–Crippen LogP) is 2.41. The van der Waals surface area contributed by atoms with Gasteiger partial charge in [-0.1, -0.05) is 26.7 Å². The molecule has 0 aromatic heterocycles. The van der Waals surface area contributed by atoms with Crippen molar-refractivity contribution in [2.75, 3.05) is 19.6 Å². The summed E-state index contributed by atoms with van der Waals surface area (Å²) in [5.74, 6) is 1.31. The van der Waals surface area contributed by atoms with E-state index in [1.807, 2.05) is 0 Å². The maximum atomic E-state index is 12.5. The number of nitrogens with one attached hydrogen (secondary N) is 1. The normalized spacial score (nSPS) is 29.8. The van der Waals surface area contributed by atoms with Crippen LogP contribution < -0.4 is 5.32 Å². The fourth-order valence-corrected chi connectivity index (χ4v) is 3.63. The van der Waals surface area contributed by atoms with Crippen LogP contribution in [0.2, 0.25) is 0 Å². The molecule has 1 saturated carbocycles. The molecule has 0 aromatic rings. The van der Waals surface area contributed by atoms with Crippen LogP contribution in [0.1, 0.15) is 52.4 Å². The summed E-state index contributed by atoms with van der Waals surface area (Å²) in [6, 6.07) is 0.559. The zero-order valence-corrected chi connectivity index (χ0v) is 12.0. The van der Waals surface area contributed by atoms with Crippen LogP contribution in [-0.2, 0) is 4.79 Å². The molecule has 2 fully saturated rings. The van der Waals surface area contributed by atoms with Gasteiger partial charge in [0.1, 0.15) is 0 Å². The number of rotatable bonds is 4. The molecule has 0 spiro atoms. The molecule has 1 aliphatic heterocycles. The van der Waals surface area contributed by atoms with Crippen LogP contribution in [0.3, 0.4) is 0 Å². The number of likely N-dealkylation sites (tertiary alicyclic amines) is 1. The summed E-state index contributed by atoms with van der Waals surface area (Å²) in [7, 11) is 0. The second-order valence-corrected chi connectivity index (χ2v) is 5.99. The average Bonchev–Trinajstić information content (AvgIpc) is 2.43. The molecule has 3 atom stereocenters. The van der Waals surface area contributed by atoms with Crippen molar-refractivity contribution in [3.8, 4) is 0 Å². The third-order valence-corrected chi connectivity index (χ3v) is 4.65. The molecular formula is C15H28N2O. The second kappa shape index (κ2) is 6.55. The van der Waals surface area contributed by atoms with E-state index in [-0.39, 0.29) is 5.92 Å². The molecule has 0 bridgehead atoms. The van der Waals surface area contributed by atoms with Crippen molar-refractivity contribution in [3.05, 3.63) is 0 Å². The summed E-state index contributed by atoms with van der Waals surface area (Å²) in [4.78, 5) is 14.8. The van der Waals surface area contributed by atoms with Crippen LogP contribution in [0.4, 0.5) is 0 Å². The van der Waals surface area contributed by atoms with Crippen molar-refractivity contribution in [1.82, 2.24) is 10.2 Å². The Morgan fingerprint density at radius 1 is 1.28 bits per heavy atom. The number of piperidine rings is 1. The first-order chi connectivity index (χ1) is 8.74. The van der Waals surface area contributed by atoms with Crippen molar-refractivity contribution in [2.45, 2.75) is 58.4 Å². The highest BCUT2D eigenvalue weighted by atomic mass is 16.2. The van der Waals surface area contributed by atoms with Crippen molar-refractivity contribution >= 4 is 5.91 Å². The Morgan fingerprint density at radius 3 is 2.78 bits per heavy atom. The fraction of sp³-hybridized carbons (Fsp3) is 0.933. The molecule has 1 unspecified atom stereocenters. The number of carbonyl (C=O) groups is 1. The summed E-state index contributed by atoms with van der Waals surface area (Å²) >= 11 is 0. The first kappa shape index (κ1) is 13.9. The summed E-state index contributed by atoms with van der Waals surface area (Å²) in [6.07, 6.45) is 7.82. The van der Waals surface area contributed by atoms with Gasteiger partial charge in [0.15, 0.2) is 0 Å². The van der Waals surface area contributed by atoms with Gasteiger partial charge in [-0.05, 0) is 38.1 Å². The molecule has 1 N–H and O–H groups in total. The smallest absolute Gasteiger partial charge is 0.226 e. The Bertz CT molecular complexity index is 278. The first-order valence-corrected chi connectivity index (χ1v) is 7.75. The summed E-state index contributed by atoms with van der Waals surface area (Å²) in [5.41, 5.74) is 0. The average molecular weight is 252 g/mol. The molecule has 18 heavy (non-hydrogen) atoms. The van der Waals surface area contributed by atoms with E-state index >= 15 is 0 Å². The maximum absolute atomic E-state index is 12.5. The van der Waals surface area contributed by atoms with E-state index in [9.17, 15) is 4.79 Å². The molecule has 3 heteroatoms. The molecule has 2 rings (SSSR count). The van der Waals surface area contributed by atoms with Crippen LogP contribution in [0, 0.1) is 11.8 Å². The monoisotopic (exact) mass is 252 g/mol. The quantitative estimate of drug-likeness (QED) is 0.833. The van der Waals surface area contributed by atoms with E-state index < -0.39 is 0 Å². The lowest BCUT2D eigenvalue weighted by molar-refractivity contribution is -0.141. The Morgan fingerprint density at radius 2 is 2.00 bits per heavy atom. The summed E-state index contributed by atoms with van der Waals surface area (Å²) in [6.45, 7) is 6.93. The van der Waals surface area contributed by atoms with Gasteiger partial charge >= 0.3 is 0 Å². The lowest BCUT2D eigenvalue weighted by Gasteiger charge is -2.45. The van der Waals surface area contributed by atoms with Gasteiger partial charge < -0.3 is 10.2 Å². The van der Waals surface area contributed by atoms with Gasteiger partial charge in [0.25, 0.3) is 0 Å². The number of fused-ring (bicyclic) bond motifs is 1. The molecule has 3 nitrogen and oxygen atoms in total.